The van der Waals surface area contributed by atoms with Gasteiger partial charge < -0.3 is 10.0 Å². The monoisotopic (exact) mass is 436 g/mol. The summed E-state index contributed by atoms with van der Waals surface area (Å²) in [5, 5.41) is 9.63. The molecule has 6 heteroatoms. The zero-order chi connectivity index (χ0) is 22.0. The Morgan fingerprint density at radius 1 is 0.871 bits per heavy atom. The van der Waals surface area contributed by atoms with Crippen molar-refractivity contribution in [1.82, 2.24) is 4.31 Å². The topological polar surface area (TPSA) is 60.9 Å². The summed E-state index contributed by atoms with van der Waals surface area (Å²) in [6.45, 7) is 0.577. The number of nitrogens with zero attached hydrogens (tertiary/aromatic N) is 2. The van der Waals surface area contributed by atoms with Crippen LogP contribution in [0.3, 0.4) is 0 Å². The van der Waals surface area contributed by atoms with Gasteiger partial charge in [0.25, 0.3) is 0 Å². The van der Waals surface area contributed by atoms with Crippen molar-refractivity contribution < 1.29 is 13.5 Å². The largest absolute Gasteiger partial charge is 0.392 e. The second-order valence-corrected chi connectivity index (χ2v) is 10.4. The molecular weight excluding hydrogens is 408 g/mol. The van der Waals surface area contributed by atoms with E-state index in [4.69, 9.17) is 0 Å². The maximum atomic E-state index is 12.6. The van der Waals surface area contributed by atoms with E-state index in [0.29, 0.717) is 11.4 Å². The molecule has 0 aliphatic heterocycles. The number of benzene rings is 3. The van der Waals surface area contributed by atoms with Crippen LogP contribution in [0, 0.1) is 0 Å². The summed E-state index contributed by atoms with van der Waals surface area (Å²) in [4.78, 5) is 2.63. The summed E-state index contributed by atoms with van der Waals surface area (Å²) in [6.07, 6.45) is 1.88. The molecule has 31 heavy (non-hydrogen) atoms. The van der Waals surface area contributed by atoms with E-state index >= 15 is 0 Å². The Hall–Kier alpha value is -2.67. The number of aliphatic hydroxyl groups is 1. The second-order valence-electron chi connectivity index (χ2n) is 8.22. The van der Waals surface area contributed by atoms with Gasteiger partial charge >= 0.3 is 0 Å². The molecule has 162 valence electrons. The molecule has 0 amide bonds. The van der Waals surface area contributed by atoms with E-state index in [1.54, 1.807) is 32.3 Å². The van der Waals surface area contributed by atoms with Gasteiger partial charge in [0.05, 0.1) is 11.5 Å². The lowest BCUT2D eigenvalue weighted by atomic mass is 10.1. The molecule has 1 N–H and O–H groups in total. The average Bonchev–Trinajstić information content (AvgIpc) is 3.21. The number of aliphatic hydroxyl groups excluding tert-OH is 1. The van der Waals surface area contributed by atoms with Crippen molar-refractivity contribution in [2.75, 3.05) is 19.0 Å². The maximum absolute atomic E-state index is 12.6. The van der Waals surface area contributed by atoms with E-state index in [9.17, 15) is 13.5 Å². The standard InChI is InChI=1S/C25H28N2O3S/c1-26(2)31(29,30)25-12-6-7-19(14-25)17-27(23-11-5-8-20(13-23)18-28)24-15-21-9-3-4-10-22(21)16-24/h3-14,24,28H,15-18H2,1-2H3. The van der Waals surface area contributed by atoms with Gasteiger partial charge in [-0.3, -0.25) is 0 Å². The third-order valence-corrected chi connectivity index (χ3v) is 7.74. The molecule has 0 heterocycles. The molecule has 0 fully saturated rings. The molecule has 0 spiro atoms. The van der Waals surface area contributed by atoms with Crippen molar-refractivity contribution >= 4 is 15.7 Å². The molecule has 0 saturated heterocycles. The molecular formula is C25H28N2O3S. The van der Waals surface area contributed by atoms with Crippen LogP contribution in [-0.4, -0.2) is 38.0 Å². The molecule has 0 aromatic heterocycles. The normalized spacial score (nSPS) is 14.1. The first-order valence-corrected chi connectivity index (χ1v) is 11.9. The van der Waals surface area contributed by atoms with Gasteiger partial charge in [0.1, 0.15) is 0 Å². The minimum atomic E-state index is -3.49. The van der Waals surface area contributed by atoms with Crippen LogP contribution in [0.25, 0.3) is 0 Å². The molecule has 3 aromatic carbocycles. The van der Waals surface area contributed by atoms with Crippen LogP contribution in [-0.2, 0) is 36.0 Å². The summed E-state index contributed by atoms with van der Waals surface area (Å²) in [5.41, 5.74) is 5.56. The lowest BCUT2D eigenvalue weighted by Crippen LogP contribution is -2.35. The predicted octanol–water partition coefficient (Wildman–Crippen LogP) is 3.60. The van der Waals surface area contributed by atoms with Gasteiger partial charge in [-0.05, 0) is 59.4 Å². The van der Waals surface area contributed by atoms with Crippen LogP contribution in [0.4, 0.5) is 5.69 Å². The van der Waals surface area contributed by atoms with Crippen molar-refractivity contribution in [2.45, 2.75) is 36.9 Å². The van der Waals surface area contributed by atoms with Crippen LogP contribution in [0.2, 0.25) is 0 Å². The average molecular weight is 437 g/mol. The van der Waals surface area contributed by atoms with Gasteiger partial charge in [0.15, 0.2) is 0 Å². The number of hydrogen-bond donors (Lipinski definition) is 1. The minimum Gasteiger partial charge on any atom is -0.392 e. The fraction of sp³-hybridized carbons (Fsp3) is 0.280. The lowest BCUT2D eigenvalue weighted by Gasteiger charge is -2.32. The maximum Gasteiger partial charge on any atom is 0.242 e. The highest BCUT2D eigenvalue weighted by atomic mass is 32.2. The molecule has 4 rings (SSSR count). The quantitative estimate of drug-likeness (QED) is 0.615. The number of fused-ring (bicyclic) bond motifs is 1. The number of hydrogen-bond acceptors (Lipinski definition) is 4. The first-order chi connectivity index (χ1) is 14.9. The van der Waals surface area contributed by atoms with Gasteiger partial charge in [0, 0.05) is 32.4 Å². The summed E-state index contributed by atoms with van der Waals surface area (Å²) in [7, 11) is -0.399. The zero-order valence-electron chi connectivity index (χ0n) is 17.9. The Bertz CT molecular complexity index is 1150. The number of rotatable bonds is 7. The van der Waals surface area contributed by atoms with Crippen LogP contribution in [0.15, 0.2) is 77.7 Å². The van der Waals surface area contributed by atoms with Crippen molar-refractivity contribution in [3.63, 3.8) is 0 Å². The van der Waals surface area contributed by atoms with Crippen LogP contribution in [0.1, 0.15) is 22.3 Å². The Morgan fingerprint density at radius 3 is 2.16 bits per heavy atom. The lowest BCUT2D eigenvalue weighted by molar-refractivity contribution is 0.282. The van der Waals surface area contributed by atoms with Crippen molar-refractivity contribution in [3.8, 4) is 0 Å². The highest BCUT2D eigenvalue weighted by Gasteiger charge is 2.27. The number of sulfonamides is 1. The van der Waals surface area contributed by atoms with E-state index in [0.717, 1.165) is 29.7 Å². The van der Waals surface area contributed by atoms with E-state index in [-0.39, 0.29) is 12.6 Å². The Labute approximate surface area is 184 Å². The fourth-order valence-corrected chi connectivity index (χ4v) is 5.20. The van der Waals surface area contributed by atoms with E-state index in [1.807, 2.05) is 24.3 Å². The highest BCUT2D eigenvalue weighted by Crippen LogP contribution is 2.31. The van der Waals surface area contributed by atoms with E-state index in [1.165, 1.54) is 15.4 Å². The van der Waals surface area contributed by atoms with Crippen LogP contribution >= 0.6 is 0 Å². The van der Waals surface area contributed by atoms with E-state index < -0.39 is 10.0 Å². The SMILES string of the molecule is CN(C)S(=O)(=O)c1cccc(CN(c2cccc(CO)c2)C2Cc3ccccc3C2)c1. The second kappa shape index (κ2) is 8.83. The molecule has 0 radical (unpaired) electrons. The number of anilines is 1. The van der Waals surface area contributed by atoms with Gasteiger partial charge in [-0.2, -0.15) is 0 Å². The first kappa shape index (κ1) is 21.6. The van der Waals surface area contributed by atoms with Crippen molar-refractivity contribution in [3.05, 3.63) is 95.1 Å². The molecule has 3 aromatic rings. The summed E-state index contributed by atoms with van der Waals surface area (Å²) >= 11 is 0. The van der Waals surface area contributed by atoms with E-state index in [2.05, 4.69) is 35.2 Å². The molecule has 1 aliphatic carbocycles. The molecule has 1 aliphatic rings. The molecule has 0 unspecified atom stereocenters. The highest BCUT2D eigenvalue weighted by molar-refractivity contribution is 7.89. The molecule has 0 atom stereocenters. The van der Waals surface area contributed by atoms with Crippen molar-refractivity contribution in [2.24, 2.45) is 0 Å². The Balaban J connectivity index is 1.69. The molecule has 0 bridgehead atoms. The first-order valence-electron chi connectivity index (χ1n) is 10.4. The van der Waals surface area contributed by atoms with Gasteiger partial charge in [0.2, 0.25) is 10.0 Å². The molecule has 0 saturated carbocycles. The predicted molar refractivity (Wildman–Crippen MR) is 124 cm³/mol. The summed E-state index contributed by atoms with van der Waals surface area (Å²) < 4.78 is 26.5. The Kier molecular flexibility index (Phi) is 6.14. The van der Waals surface area contributed by atoms with Gasteiger partial charge in [-0.25, -0.2) is 12.7 Å². The van der Waals surface area contributed by atoms with Crippen LogP contribution < -0.4 is 4.90 Å². The Morgan fingerprint density at radius 2 is 1.52 bits per heavy atom. The summed E-state index contributed by atoms with van der Waals surface area (Å²) in [6, 6.07) is 23.9. The fourth-order valence-electron chi connectivity index (χ4n) is 4.23. The van der Waals surface area contributed by atoms with Gasteiger partial charge in [-0.1, -0.05) is 48.5 Å². The smallest absolute Gasteiger partial charge is 0.242 e. The third-order valence-electron chi connectivity index (χ3n) is 5.92. The zero-order valence-corrected chi connectivity index (χ0v) is 18.7. The minimum absolute atomic E-state index is 0.0108. The molecule has 5 nitrogen and oxygen atoms in total. The van der Waals surface area contributed by atoms with Crippen LogP contribution in [0.5, 0.6) is 0 Å². The third kappa shape index (κ3) is 4.51. The van der Waals surface area contributed by atoms with Gasteiger partial charge in [-0.15, -0.1) is 0 Å². The van der Waals surface area contributed by atoms with Crippen molar-refractivity contribution in [1.29, 1.82) is 0 Å². The summed E-state index contributed by atoms with van der Waals surface area (Å²) in [5.74, 6) is 0.